The molecule has 43 heavy (non-hydrogen) atoms. The van der Waals surface area contributed by atoms with Gasteiger partial charge in [0.1, 0.15) is 17.1 Å². The smallest absolute Gasteiger partial charge is 0.352 e. The number of aromatic nitrogens is 4. The SMILES string of the molecule is Cn1c(N)c(CCNC=O)c[n+]1CC1=C(C(=O)O)N2C(=O)[C@@H](NC(=O)/C(=N\OC(C)(C)C(=O)O)c3nsc(N)n3)[C@H]2SC1. The number of carbonyl (C=O) groups is 5. The zero-order chi connectivity index (χ0) is 31.6. The molecule has 1 saturated heterocycles. The number of nitrogen functional groups attached to an aromatic ring is 2. The molecule has 2 aromatic rings. The van der Waals surface area contributed by atoms with Crippen LogP contribution in [0.3, 0.4) is 0 Å². The van der Waals surface area contributed by atoms with Crippen molar-refractivity contribution in [3.05, 3.63) is 28.9 Å². The van der Waals surface area contributed by atoms with E-state index in [1.165, 1.54) is 25.6 Å². The maximum absolute atomic E-state index is 13.2. The Morgan fingerprint density at radius 2 is 2.05 bits per heavy atom. The summed E-state index contributed by atoms with van der Waals surface area (Å²) in [5.74, 6) is -3.86. The van der Waals surface area contributed by atoms with Gasteiger partial charge < -0.3 is 37.2 Å². The van der Waals surface area contributed by atoms with Gasteiger partial charge in [0.15, 0.2) is 17.5 Å². The van der Waals surface area contributed by atoms with Crippen LogP contribution in [0, 0.1) is 0 Å². The van der Waals surface area contributed by atoms with E-state index in [1.807, 2.05) is 0 Å². The number of hydrogen-bond donors (Lipinski definition) is 6. The number of nitrogens with one attached hydrogen (secondary N) is 2. The van der Waals surface area contributed by atoms with E-state index in [4.69, 9.17) is 16.3 Å². The van der Waals surface area contributed by atoms with Gasteiger partial charge in [-0.05, 0) is 20.3 Å². The number of thioether (sulfide) groups is 1. The molecule has 20 heteroatoms. The summed E-state index contributed by atoms with van der Waals surface area (Å²) in [6, 6.07) is -1.13. The van der Waals surface area contributed by atoms with E-state index in [1.54, 1.807) is 22.6 Å². The van der Waals surface area contributed by atoms with Crippen molar-refractivity contribution in [2.24, 2.45) is 12.2 Å². The predicted molar refractivity (Wildman–Crippen MR) is 151 cm³/mol. The van der Waals surface area contributed by atoms with E-state index in [-0.39, 0.29) is 29.0 Å². The Balaban J connectivity index is 1.54. The third-order valence-electron chi connectivity index (χ3n) is 6.63. The number of amides is 3. The topological polar surface area (TPSA) is 261 Å². The number of carbonyl (C=O) groups excluding carboxylic acids is 3. The van der Waals surface area contributed by atoms with Crippen molar-refractivity contribution in [1.82, 2.24) is 29.6 Å². The fraction of sp³-hybridized carbons (Fsp3) is 0.435. The monoisotopic (exact) mass is 637 g/mol. The largest absolute Gasteiger partial charge is 0.478 e. The summed E-state index contributed by atoms with van der Waals surface area (Å²) in [5, 5.41) is 27.4. The number of carboxylic acids is 2. The van der Waals surface area contributed by atoms with Gasteiger partial charge in [0.05, 0.1) is 12.6 Å². The van der Waals surface area contributed by atoms with Crippen molar-refractivity contribution in [3.8, 4) is 0 Å². The van der Waals surface area contributed by atoms with E-state index in [9.17, 15) is 34.2 Å². The molecule has 2 aromatic heterocycles. The molecule has 0 aliphatic carbocycles. The Morgan fingerprint density at radius 1 is 1.33 bits per heavy atom. The summed E-state index contributed by atoms with van der Waals surface area (Å²) < 4.78 is 7.28. The third-order valence-corrected chi connectivity index (χ3v) is 8.51. The van der Waals surface area contributed by atoms with Crippen LogP contribution in [0.2, 0.25) is 0 Å². The molecule has 230 valence electrons. The second kappa shape index (κ2) is 12.3. The maximum Gasteiger partial charge on any atom is 0.352 e. The molecule has 4 rings (SSSR count). The quantitative estimate of drug-likeness (QED) is 0.0336. The molecule has 0 bridgehead atoms. The highest BCUT2D eigenvalue weighted by Crippen LogP contribution is 2.40. The Hall–Kier alpha value is -4.72. The molecule has 1 fully saturated rings. The van der Waals surface area contributed by atoms with E-state index in [0.717, 1.165) is 22.0 Å². The van der Waals surface area contributed by atoms with Crippen molar-refractivity contribution in [1.29, 1.82) is 0 Å². The molecule has 18 nitrogen and oxygen atoms in total. The minimum Gasteiger partial charge on any atom is -0.478 e. The molecule has 3 amide bonds. The van der Waals surface area contributed by atoms with Crippen molar-refractivity contribution >= 4 is 70.1 Å². The third kappa shape index (κ3) is 6.23. The van der Waals surface area contributed by atoms with Crippen LogP contribution in [-0.2, 0) is 48.8 Å². The predicted octanol–water partition coefficient (Wildman–Crippen LogP) is -2.36. The van der Waals surface area contributed by atoms with Crippen LogP contribution in [0.1, 0.15) is 25.2 Å². The molecule has 0 saturated carbocycles. The van der Waals surface area contributed by atoms with E-state index in [2.05, 4.69) is 25.1 Å². The summed E-state index contributed by atoms with van der Waals surface area (Å²) in [6.07, 6.45) is 2.80. The first-order chi connectivity index (χ1) is 20.3. The Bertz CT molecular complexity index is 1550. The van der Waals surface area contributed by atoms with Crippen LogP contribution in [-0.4, -0.2) is 94.3 Å². The van der Waals surface area contributed by atoms with Gasteiger partial charge in [-0.3, -0.25) is 19.3 Å². The Morgan fingerprint density at radius 3 is 2.65 bits per heavy atom. The van der Waals surface area contributed by atoms with Crippen molar-refractivity contribution in [2.75, 3.05) is 23.8 Å². The van der Waals surface area contributed by atoms with Gasteiger partial charge in [-0.2, -0.15) is 9.36 Å². The number of fused-ring (bicyclic) bond motifs is 1. The second-order valence-electron chi connectivity index (χ2n) is 9.90. The number of nitrogens with zero attached hydrogens (tertiary/aromatic N) is 6. The molecule has 0 aromatic carbocycles. The van der Waals surface area contributed by atoms with Gasteiger partial charge in [0.25, 0.3) is 11.8 Å². The number of anilines is 2. The number of aliphatic carboxylic acids is 2. The lowest BCUT2D eigenvalue weighted by Gasteiger charge is -2.49. The van der Waals surface area contributed by atoms with Crippen LogP contribution in [0.4, 0.5) is 10.9 Å². The lowest BCUT2D eigenvalue weighted by molar-refractivity contribution is -0.765. The Labute approximate surface area is 251 Å². The first-order valence-corrected chi connectivity index (χ1v) is 14.4. The zero-order valence-corrected chi connectivity index (χ0v) is 24.8. The van der Waals surface area contributed by atoms with Gasteiger partial charge in [-0.1, -0.05) is 5.16 Å². The zero-order valence-electron chi connectivity index (χ0n) is 23.1. The number of hydrogen-bond acceptors (Lipinski definition) is 13. The fourth-order valence-electron chi connectivity index (χ4n) is 4.21. The van der Waals surface area contributed by atoms with Gasteiger partial charge in [0.2, 0.25) is 29.7 Å². The Kier molecular flexibility index (Phi) is 8.90. The molecule has 2 aliphatic rings. The van der Waals surface area contributed by atoms with Crippen LogP contribution < -0.4 is 26.8 Å². The van der Waals surface area contributed by atoms with Crippen LogP contribution in [0.15, 0.2) is 22.6 Å². The van der Waals surface area contributed by atoms with Gasteiger partial charge in [-0.15, -0.1) is 21.1 Å². The van der Waals surface area contributed by atoms with Crippen LogP contribution in [0.5, 0.6) is 0 Å². The molecular formula is C23H29N10O8S2+. The first kappa shape index (κ1) is 31.2. The van der Waals surface area contributed by atoms with Gasteiger partial charge >= 0.3 is 11.9 Å². The number of nitrogens with two attached hydrogens (primary N) is 2. The molecule has 2 atom stereocenters. The second-order valence-corrected chi connectivity index (χ2v) is 11.8. The number of β-lactam (4-membered cyclic amide) rings is 1. The van der Waals surface area contributed by atoms with Crippen molar-refractivity contribution in [2.45, 2.75) is 43.8 Å². The van der Waals surface area contributed by atoms with Crippen molar-refractivity contribution < 1.29 is 43.7 Å². The highest BCUT2D eigenvalue weighted by Gasteiger charge is 2.55. The van der Waals surface area contributed by atoms with Crippen LogP contribution >= 0.6 is 23.3 Å². The van der Waals surface area contributed by atoms with E-state index >= 15 is 0 Å². The maximum atomic E-state index is 13.2. The number of carboxylic acid groups (broad SMARTS) is 2. The standard InChI is InChI=1S/C23H28N10O8S2/c1-23(2,21(39)40)41-29-12(16-28-22(25)43-30-16)17(35)27-13-18(36)33-14(20(37)38)11(8-42-19(13)33)7-32-6-10(4-5-26-9-34)15(24)31(32)3/h6,9,13,19,24H,4-5,7-8H2,1-3H3,(H6,25,26,27,28,30,34,35,37,38,39,40)/p+1/b29-12-/t13-,19-/m1/s1. The molecule has 2 aliphatic heterocycles. The minimum atomic E-state index is -1.80. The highest BCUT2D eigenvalue weighted by atomic mass is 32.2. The van der Waals surface area contributed by atoms with E-state index in [0.29, 0.717) is 30.8 Å². The molecule has 0 radical (unpaired) electrons. The van der Waals surface area contributed by atoms with E-state index < -0.39 is 46.5 Å². The summed E-state index contributed by atoms with van der Waals surface area (Å²) in [5.41, 5.74) is 10.5. The molecule has 0 spiro atoms. The lowest BCUT2D eigenvalue weighted by Crippen LogP contribution is -2.71. The fourth-order valence-corrected chi connectivity index (χ4v) is 5.98. The summed E-state index contributed by atoms with van der Waals surface area (Å²) in [6.45, 7) is 2.92. The minimum absolute atomic E-state index is 0.00749. The first-order valence-electron chi connectivity index (χ1n) is 12.6. The molecular weight excluding hydrogens is 608 g/mol. The summed E-state index contributed by atoms with van der Waals surface area (Å²) in [7, 11) is 1.71. The number of oxime groups is 1. The van der Waals surface area contributed by atoms with Crippen LogP contribution in [0.25, 0.3) is 0 Å². The van der Waals surface area contributed by atoms with Crippen molar-refractivity contribution in [3.63, 3.8) is 0 Å². The average molecular weight is 638 g/mol. The molecule has 8 N–H and O–H groups in total. The lowest BCUT2D eigenvalue weighted by atomic mass is 10.0. The molecule has 0 unspecified atom stereocenters. The average Bonchev–Trinajstić information content (AvgIpc) is 3.49. The van der Waals surface area contributed by atoms with Gasteiger partial charge in [0, 0.05) is 29.4 Å². The molecule has 4 heterocycles. The summed E-state index contributed by atoms with van der Waals surface area (Å²) in [4.78, 5) is 70.8. The normalized spacial score (nSPS) is 18.5. The number of rotatable bonds is 13. The summed E-state index contributed by atoms with van der Waals surface area (Å²) >= 11 is 2.01. The van der Waals surface area contributed by atoms with Gasteiger partial charge in [-0.25, -0.2) is 9.59 Å². The highest BCUT2D eigenvalue weighted by molar-refractivity contribution is 8.00.